The molecule has 2 aliphatic rings. The second-order valence-corrected chi connectivity index (χ2v) is 10.1. The zero-order valence-corrected chi connectivity index (χ0v) is 21.2. The summed E-state index contributed by atoms with van der Waals surface area (Å²) in [6.07, 6.45) is 1.34. The summed E-state index contributed by atoms with van der Waals surface area (Å²) in [4.78, 5) is 11.6. The van der Waals surface area contributed by atoms with E-state index in [-0.39, 0.29) is 22.2 Å². The van der Waals surface area contributed by atoms with E-state index in [0.717, 1.165) is 34.7 Å². The quantitative estimate of drug-likeness (QED) is 0.332. The van der Waals surface area contributed by atoms with E-state index in [4.69, 9.17) is 14.2 Å². The Balaban J connectivity index is 1.82. The van der Waals surface area contributed by atoms with Gasteiger partial charge in [0, 0.05) is 46.1 Å². The van der Waals surface area contributed by atoms with Gasteiger partial charge in [-0.1, -0.05) is 18.2 Å². The van der Waals surface area contributed by atoms with E-state index in [1.807, 2.05) is 36.4 Å². The Kier molecular flexibility index (Phi) is 5.70. The lowest BCUT2D eigenvalue weighted by Crippen LogP contribution is -2.49. The molecular weight excluding hydrogens is 458 g/mol. The lowest BCUT2D eigenvalue weighted by atomic mass is 9.59. The number of nitrogens with zero attached hydrogens (tertiary/aromatic N) is 1. The van der Waals surface area contributed by atoms with Gasteiger partial charge in [-0.25, -0.2) is 0 Å². The summed E-state index contributed by atoms with van der Waals surface area (Å²) in [7, 11) is 4.96. The Morgan fingerprint density at radius 3 is 2.39 bits per heavy atom. The monoisotopic (exact) mass is 489 g/mol. The van der Waals surface area contributed by atoms with Crippen LogP contribution in [0.15, 0.2) is 54.6 Å². The van der Waals surface area contributed by atoms with Crippen LogP contribution in [0, 0.1) is 10.1 Å². The molecule has 0 aliphatic carbocycles. The van der Waals surface area contributed by atoms with Crippen molar-refractivity contribution < 1.29 is 19.1 Å². The number of anilines is 2. The van der Waals surface area contributed by atoms with Gasteiger partial charge < -0.3 is 24.8 Å². The first-order valence-electron chi connectivity index (χ1n) is 11.9. The fraction of sp³-hybridized carbons (Fsp3) is 0.357. The molecule has 3 aromatic carbocycles. The fourth-order valence-corrected chi connectivity index (χ4v) is 6.12. The average Bonchev–Trinajstić information content (AvgIpc) is 2.86. The number of nitrogens with one attached hydrogen (secondary N) is 2. The van der Waals surface area contributed by atoms with Gasteiger partial charge in [0.05, 0.1) is 37.9 Å². The van der Waals surface area contributed by atoms with Crippen LogP contribution in [0.3, 0.4) is 0 Å². The molecule has 0 saturated carbocycles. The van der Waals surface area contributed by atoms with Crippen molar-refractivity contribution in [2.45, 2.75) is 43.7 Å². The minimum Gasteiger partial charge on any atom is -0.497 e. The van der Waals surface area contributed by atoms with Crippen LogP contribution in [0.1, 0.15) is 49.4 Å². The van der Waals surface area contributed by atoms with Gasteiger partial charge >= 0.3 is 0 Å². The summed E-state index contributed by atoms with van der Waals surface area (Å²) in [5.41, 5.74) is 3.92. The third-order valence-corrected chi connectivity index (χ3v) is 7.36. The van der Waals surface area contributed by atoms with Crippen LogP contribution in [0.4, 0.5) is 17.1 Å². The number of hydrogen-bond acceptors (Lipinski definition) is 7. The summed E-state index contributed by atoms with van der Waals surface area (Å²) >= 11 is 0. The highest BCUT2D eigenvalue weighted by Crippen LogP contribution is 2.60. The number of rotatable bonds is 5. The van der Waals surface area contributed by atoms with Crippen molar-refractivity contribution in [1.29, 1.82) is 0 Å². The predicted molar refractivity (Wildman–Crippen MR) is 140 cm³/mol. The number of benzene rings is 3. The lowest BCUT2D eigenvalue weighted by Gasteiger charge is -2.52. The molecule has 0 aromatic heterocycles. The van der Waals surface area contributed by atoms with Gasteiger partial charge in [0.15, 0.2) is 0 Å². The predicted octanol–water partition coefficient (Wildman–Crippen LogP) is 6.06. The molecule has 2 aliphatic heterocycles. The molecule has 0 radical (unpaired) electrons. The molecular formula is C28H31N3O5. The fourth-order valence-electron chi connectivity index (χ4n) is 6.12. The van der Waals surface area contributed by atoms with Crippen LogP contribution >= 0.6 is 0 Å². The van der Waals surface area contributed by atoms with Crippen LogP contribution in [0.2, 0.25) is 0 Å². The van der Waals surface area contributed by atoms with Crippen molar-refractivity contribution in [3.63, 3.8) is 0 Å². The molecule has 3 aromatic rings. The van der Waals surface area contributed by atoms with Crippen molar-refractivity contribution in [3.8, 4) is 17.2 Å². The Hall–Kier alpha value is -3.94. The number of nitro benzene ring substituents is 1. The number of methoxy groups -OCH3 is 3. The Morgan fingerprint density at radius 1 is 0.944 bits per heavy atom. The molecule has 5 rings (SSSR count). The highest BCUT2D eigenvalue weighted by atomic mass is 16.6. The maximum atomic E-state index is 12.0. The molecule has 36 heavy (non-hydrogen) atoms. The van der Waals surface area contributed by atoms with Crippen LogP contribution < -0.4 is 24.8 Å². The van der Waals surface area contributed by atoms with Gasteiger partial charge in [-0.2, -0.15) is 0 Å². The molecule has 0 amide bonds. The number of ether oxygens (including phenoxy) is 3. The second kappa shape index (κ2) is 8.62. The molecule has 2 heterocycles. The summed E-state index contributed by atoms with van der Waals surface area (Å²) < 4.78 is 17.1. The smallest absolute Gasteiger partial charge is 0.274 e. The highest BCUT2D eigenvalue weighted by Gasteiger charge is 2.52. The third kappa shape index (κ3) is 3.77. The number of para-hydroxylation sites is 1. The standard InChI is InChI=1S/C28H31N3O5/c1-27(2)16-28(26-22(30-27)13-18(35-4)14-25(26)36-5)15-23(19-8-6-7-9-24(19)31(32)33)29-21-11-10-17(34-3)12-20(21)28/h6-14,23,29-30H,15-16H2,1-5H3/t23-,28+/m1/s1. The Morgan fingerprint density at radius 2 is 1.69 bits per heavy atom. The van der Waals surface area contributed by atoms with Crippen molar-refractivity contribution in [1.82, 2.24) is 0 Å². The van der Waals surface area contributed by atoms with Crippen LogP contribution in [0.25, 0.3) is 0 Å². The van der Waals surface area contributed by atoms with E-state index in [9.17, 15) is 10.1 Å². The first kappa shape index (κ1) is 23.8. The summed E-state index contributed by atoms with van der Waals surface area (Å²) in [5.74, 6) is 2.16. The van der Waals surface area contributed by atoms with Crippen molar-refractivity contribution in [2.75, 3.05) is 32.0 Å². The second-order valence-electron chi connectivity index (χ2n) is 10.1. The topological polar surface area (TPSA) is 94.9 Å². The van der Waals surface area contributed by atoms with E-state index in [1.54, 1.807) is 33.5 Å². The molecule has 0 unspecified atom stereocenters. The molecule has 8 heteroatoms. The molecule has 8 nitrogen and oxygen atoms in total. The van der Waals surface area contributed by atoms with Gasteiger partial charge in [-0.15, -0.1) is 0 Å². The summed E-state index contributed by atoms with van der Waals surface area (Å²) in [6, 6.07) is 16.6. The average molecular weight is 490 g/mol. The van der Waals surface area contributed by atoms with Crippen LogP contribution in [0.5, 0.6) is 17.2 Å². The van der Waals surface area contributed by atoms with Crippen molar-refractivity contribution in [2.24, 2.45) is 0 Å². The van der Waals surface area contributed by atoms with Gasteiger partial charge in [0.1, 0.15) is 17.2 Å². The van der Waals surface area contributed by atoms with Gasteiger partial charge in [-0.3, -0.25) is 10.1 Å². The first-order chi connectivity index (χ1) is 17.2. The van der Waals surface area contributed by atoms with E-state index in [2.05, 4.69) is 30.5 Å². The molecule has 0 saturated heterocycles. The van der Waals surface area contributed by atoms with Gasteiger partial charge in [-0.05, 0) is 50.5 Å². The maximum absolute atomic E-state index is 12.0. The largest absolute Gasteiger partial charge is 0.497 e. The van der Waals surface area contributed by atoms with Crippen LogP contribution in [-0.2, 0) is 5.41 Å². The maximum Gasteiger partial charge on any atom is 0.274 e. The van der Waals surface area contributed by atoms with Crippen LogP contribution in [-0.4, -0.2) is 31.8 Å². The van der Waals surface area contributed by atoms with Gasteiger partial charge in [0.2, 0.25) is 0 Å². The SMILES string of the molecule is COc1cc2c(c(OC)c1)[C@@]1(C[C@H](c3ccccc3[N+](=O)[O-])Nc3ccc(OC)cc31)CC(C)(C)N2. The van der Waals surface area contributed by atoms with E-state index < -0.39 is 5.41 Å². The van der Waals surface area contributed by atoms with E-state index >= 15 is 0 Å². The zero-order chi connectivity index (χ0) is 25.7. The zero-order valence-electron chi connectivity index (χ0n) is 21.2. The molecule has 2 N–H and O–H groups in total. The summed E-state index contributed by atoms with van der Waals surface area (Å²) in [6.45, 7) is 4.34. The van der Waals surface area contributed by atoms with Gasteiger partial charge in [0.25, 0.3) is 5.69 Å². The minimum atomic E-state index is -0.523. The van der Waals surface area contributed by atoms with E-state index in [1.165, 1.54) is 0 Å². The lowest BCUT2D eigenvalue weighted by molar-refractivity contribution is -0.385. The van der Waals surface area contributed by atoms with Crippen molar-refractivity contribution >= 4 is 17.1 Å². The Bertz CT molecular complexity index is 1340. The summed E-state index contributed by atoms with van der Waals surface area (Å²) in [5, 5.41) is 19.2. The molecule has 0 fully saturated rings. The number of nitro groups is 1. The van der Waals surface area contributed by atoms with E-state index in [0.29, 0.717) is 23.5 Å². The molecule has 1 spiro atoms. The minimum absolute atomic E-state index is 0.109. The third-order valence-electron chi connectivity index (χ3n) is 7.36. The number of fused-ring (bicyclic) bond motifs is 4. The van der Waals surface area contributed by atoms with Crippen molar-refractivity contribution in [3.05, 3.63) is 81.4 Å². The highest BCUT2D eigenvalue weighted by molar-refractivity contribution is 5.75. The molecule has 0 bridgehead atoms. The molecule has 188 valence electrons. The normalized spacial score (nSPS) is 21.4. The Labute approximate surface area is 210 Å². The number of hydrogen-bond donors (Lipinski definition) is 2. The first-order valence-corrected chi connectivity index (χ1v) is 11.9. The molecule has 2 atom stereocenters.